The van der Waals surface area contributed by atoms with Crippen LogP contribution in [-0.2, 0) is 11.2 Å². The Kier molecular flexibility index (Phi) is 4.89. The maximum atomic E-state index is 13.5. The molecule has 4 heteroatoms. The van der Waals surface area contributed by atoms with Crippen molar-refractivity contribution >= 4 is 15.9 Å². The van der Waals surface area contributed by atoms with Crippen LogP contribution in [-0.4, -0.2) is 24.4 Å². The summed E-state index contributed by atoms with van der Waals surface area (Å²) in [5.74, 6) is -0.300. The third-order valence-corrected chi connectivity index (χ3v) is 3.09. The van der Waals surface area contributed by atoms with Gasteiger partial charge in [0.1, 0.15) is 5.82 Å². The standard InChI is InChI=1S/C12H16BrFO2/c1-3-12(15,8-16-2)7-9-6-10(13)4-5-11(9)14/h4-6,15H,3,7-8H2,1-2H3. The predicted molar refractivity (Wildman–Crippen MR) is 64.9 cm³/mol. The molecule has 0 bridgehead atoms. The van der Waals surface area contributed by atoms with Crippen LogP contribution in [0, 0.1) is 5.82 Å². The van der Waals surface area contributed by atoms with E-state index < -0.39 is 5.60 Å². The first-order valence-corrected chi connectivity index (χ1v) is 5.95. The van der Waals surface area contributed by atoms with E-state index in [0.717, 1.165) is 4.47 Å². The zero-order valence-electron chi connectivity index (χ0n) is 9.46. The highest BCUT2D eigenvalue weighted by molar-refractivity contribution is 9.10. The van der Waals surface area contributed by atoms with Crippen LogP contribution in [0.15, 0.2) is 22.7 Å². The third-order valence-electron chi connectivity index (χ3n) is 2.60. The van der Waals surface area contributed by atoms with Gasteiger partial charge in [0.2, 0.25) is 0 Å². The van der Waals surface area contributed by atoms with Crippen molar-refractivity contribution in [3.63, 3.8) is 0 Å². The van der Waals surface area contributed by atoms with Crippen molar-refractivity contribution in [2.75, 3.05) is 13.7 Å². The first-order chi connectivity index (χ1) is 7.50. The van der Waals surface area contributed by atoms with Gasteiger partial charge in [0, 0.05) is 18.0 Å². The average molecular weight is 291 g/mol. The number of methoxy groups -OCH3 is 1. The Morgan fingerprint density at radius 2 is 2.19 bits per heavy atom. The highest BCUT2D eigenvalue weighted by Crippen LogP contribution is 2.22. The summed E-state index contributed by atoms with van der Waals surface area (Å²) in [7, 11) is 1.53. The molecule has 90 valence electrons. The highest BCUT2D eigenvalue weighted by Gasteiger charge is 2.26. The number of benzene rings is 1. The van der Waals surface area contributed by atoms with E-state index in [9.17, 15) is 9.50 Å². The van der Waals surface area contributed by atoms with Crippen molar-refractivity contribution < 1.29 is 14.2 Å². The van der Waals surface area contributed by atoms with Gasteiger partial charge in [0.15, 0.2) is 0 Å². The van der Waals surface area contributed by atoms with Gasteiger partial charge in [-0.05, 0) is 30.2 Å². The zero-order chi connectivity index (χ0) is 12.2. The number of hydrogen-bond donors (Lipinski definition) is 1. The third kappa shape index (κ3) is 3.54. The Balaban J connectivity index is 2.89. The first-order valence-electron chi connectivity index (χ1n) is 5.16. The van der Waals surface area contributed by atoms with E-state index in [1.54, 1.807) is 12.1 Å². The fourth-order valence-corrected chi connectivity index (χ4v) is 1.99. The molecule has 0 spiro atoms. The zero-order valence-corrected chi connectivity index (χ0v) is 11.1. The van der Waals surface area contributed by atoms with Gasteiger partial charge < -0.3 is 9.84 Å². The maximum Gasteiger partial charge on any atom is 0.126 e. The molecule has 0 fully saturated rings. The van der Waals surface area contributed by atoms with Gasteiger partial charge in [-0.15, -0.1) is 0 Å². The summed E-state index contributed by atoms with van der Waals surface area (Å²) in [5.41, 5.74) is -0.508. The lowest BCUT2D eigenvalue weighted by Crippen LogP contribution is -2.36. The van der Waals surface area contributed by atoms with Crippen LogP contribution >= 0.6 is 15.9 Å². The molecule has 1 rings (SSSR count). The summed E-state index contributed by atoms with van der Waals surface area (Å²) in [6.07, 6.45) is 0.773. The summed E-state index contributed by atoms with van der Waals surface area (Å²) in [6.45, 7) is 2.06. The molecule has 1 N–H and O–H groups in total. The molecule has 0 aromatic heterocycles. The Hall–Kier alpha value is -0.450. The second kappa shape index (κ2) is 5.75. The highest BCUT2D eigenvalue weighted by atomic mass is 79.9. The monoisotopic (exact) mass is 290 g/mol. The Labute approximate surface area is 104 Å². The molecule has 1 atom stereocenters. The van der Waals surface area contributed by atoms with E-state index in [1.807, 2.05) is 6.92 Å². The first kappa shape index (κ1) is 13.6. The van der Waals surface area contributed by atoms with Crippen LogP contribution in [0.2, 0.25) is 0 Å². The molecule has 1 aromatic carbocycles. The van der Waals surface area contributed by atoms with Crippen LogP contribution in [0.1, 0.15) is 18.9 Å². The van der Waals surface area contributed by atoms with E-state index in [4.69, 9.17) is 4.74 Å². The second-order valence-electron chi connectivity index (χ2n) is 3.92. The summed E-state index contributed by atoms with van der Waals surface area (Å²) in [6, 6.07) is 4.72. The van der Waals surface area contributed by atoms with Gasteiger partial charge >= 0.3 is 0 Å². The topological polar surface area (TPSA) is 29.5 Å². The van der Waals surface area contributed by atoms with Crippen molar-refractivity contribution in [1.82, 2.24) is 0 Å². The number of aliphatic hydroxyl groups is 1. The van der Waals surface area contributed by atoms with Gasteiger partial charge in [-0.3, -0.25) is 0 Å². The van der Waals surface area contributed by atoms with Crippen molar-refractivity contribution in [3.05, 3.63) is 34.1 Å². The summed E-state index contributed by atoms with van der Waals surface area (Å²) in [4.78, 5) is 0. The van der Waals surface area contributed by atoms with Crippen LogP contribution in [0.5, 0.6) is 0 Å². The number of hydrogen-bond acceptors (Lipinski definition) is 2. The molecule has 2 nitrogen and oxygen atoms in total. The number of rotatable bonds is 5. The predicted octanol–water partition coefficient (Wildman–Crippen LogP) is 2.92. The van der Waals surface area contributed by atoms with E-state index >= 15 is 0 Å². The van der Waals surface area contributed by atoms with E-state index in [-0.39, 0.29) is 18.8 Å². The molecule has 1 aromatic rings. The minimum Gasteiger partial charge on any atom is -0.387 e. The molecule has 0 saturated carbocycles. The molecule has 0 aliphatic rings. The normalized spacial score (nSPS) is 14.8. The van der Waals surface area contributed by atoms with Crippen molar-refractivity contribution in [1.29, 1.82) is 0 Å². The molecule has 16 heavy (non-hydrogen) atoms. The van der Waals surface area contributed by atoms with Crippen LogP contribution in [0.25, 0.3) is 0 Å². The molecular weight excluding hydrogens is 275 g/mol. The van der Waals surface area contributed by atoms with Crippen LogP contribution in [0.3, 0.4) is 0 Å². The summed E-state index contributed by atoms with van der Waals surface area (Å²) in [5, 5.41) is 10.2. The quantitative estimate of drug-likeness (QED) is 0.904. The smallest absolute Gasteiger partial charge is 0.126 e. The van der Waals surface area contributed by atoms with Gasteiger partial charge in [0.25, 0.3) is 0 Å². The minimum atomic E-state index is -1.00. The molecule has 0 amide bonds. The number of ether oxygens (including phenoxy) is 1. The lowest BCUT2D eigenvalue weighted by Gasteiger charge is -2.26. The van der Waals surface area contributed by atoms with Crippen LogP contribution in [0.4, 0.5) is 4.39 Å². The van der Waals surface area contributed by atoms with Crippen molar-refractivity contribution in [2.45, 2.75) is 25.4 Å². The van der Waals surface area contributed by atoms with E-state index in [0.29, 0.717) is 12.0 Å². The second-order valence-corrected chi connectivity index (χ2v) is 4.84. The fourth-order valence-electron chi connectivity index (χ4n) is 1.58. The van der Waals surface area contributed by atoms with Crippen molar-refractivity contribution in [2.24, 2.45) is 0 Å². The Morgan fingerprint density at radius 1 is 1.50 bits per heavy atom. The van der Waals surface area contributed by atoms with Gasteiger partial charge in [-0.1, -0.05) is 22.9 Å². The van der Waals surface area contributed by atoms with Crippen molar-refractivity contribution in [3.8, 4) is 0 Å². The molecule has 0 saturated heterocycles. The Bertz CT molecular complexity index is 357. The van der Waals surface area contributed by atoms with Gasteiger partial charge in [-0.25, -0.2) is 4.39 Å². The SMILES string of the molecule is CCC(O)(COC)Cc1cc(Br)ccc1F. The molecule has 0 radical (unpaired) electrons. The van der Waals surface area contributed by atoms with Gasteiger partial charge in [0.05, 0.1) is 12.2 Å². The summed E-state index contributed by atoms with van der Waals surface area (Å²) < 4.78 is 19.3. The fraction of sp³-hybridized carbons (Fsp3) is 0.500. The Morgan fingerprint density at radius 3 is 2.75 bits per heavy atom. The van der Waals surface area contributed by atoms with E-state index in [1.165, 1.54) is 13.2 Å². The van der Waals surface area contributed by atoms with E-state index in [2.05, 4.69) is 15.9 Å². The number of halogens is 2. The lowest BCUT2D eigenvalue weighted by molar-refractivity contribution is -0.0338. The molecule has 1 unspecified atom stereocenters. The lowest BCUT2D eigenvalue weighted by atomic mass is 9.92. The molecule has 0 aliphatic carbocycles. The molecule has 0 aliphatic heterocycles. The minimum absolute atomic E-state index is 0.204. The molecular formula is C12H16BrFO2. The van der Waals surface area contributed by atoms with Gasteiger partial charge in [-0.2, -0.15) is 0 Å². The largest absolute Gasteiger partial charge is 0.387 e. The average Bonchev–Trinajstić information content (AvgIpc) is 2.24. The maximum absolute atomic E-state index is 13.5. The summed E-state index contributed by atoms with van der Waals surface area (Å²) >= 11 is 3.29. The molecule has 0 heterocycles. The van der Waals surface area contributed by atoms with Crippen LogP contribution < -0.4 is 0 Å².